The maximum absolute atomic E-state index is 13.5. The first-order chi connectivity index (χ1) is 13.6. The van der Waals surface area contributed by atoms with Crippen molar-refractivity contribution in [2.24, 2.45) is 0 Å². The number of aromatic nitrogens is 2. The molecule has 1 N–H and O–H groups in total. The van der Waals surface area contributed by atoms with Crippen LogP contribution in [0.3, 0.4) is 0 Å². The van der Waals surface area contributed by atoms with E-state index in [1.165, 1.54) is 26.4 Å². The van der Waals surface area contributed by atoms with E-state index in [9.17, 15) is 9.18 Å². The molecule has 1 atom stereocenters. The Bertz CT molecular complexity index is 842. The number of hydrogen-bond acceptors (Lipinski definition) is 7. The van der Waals surface area contributed by atoms with Crippen molar-refractivity contribution in [1.82, 2.24) is 14.9 Å². The Labute approximate surface area is 163 Å². The number of carbonyl (C=O) groups excluding carboxylic acids is 1. The summed E-state index contributed by atoms with van der Waals surface area (Å²) in [4.78, 5) is 22.0. The summed E-state index contributed by atoms with van der Waals surface area (Å²) in [5.41, 5.74) is 1.59. The Morgan fingerprint density at radius 3 is 2.93 bits per heavy atom. The Morgan fingerprint density at radius 1 is 1.36 bits per heavy atom. The third-order valence-electron chi connectivity index (χ3n) is 4.51. The largest absolute Gasteiger partial charge is 0.494 e. The summed E-state index contributed by atoms with van der Waals surface area (Å²) in [6, 6.07) is 5.21. The molecule has 0 unspecified atom stereocenters. The predicted octanol–water partition coefficient (Wildman–Crippen LogP) is 2.50. The zero-order valence-electron chi connectivity index (χ0n) is 15.9. The van der Waals surface area contributed by atoms with Gasteiger partial charge in [0, 0.05) is 31.8 Å². The number of halogens is 1. The maximum atomic E-state index is 13.5. The van der Waals surface area contributed by atoms with E-state index in [4.69, 9.17) is 4.74 Å². The summed E-state index contributed by atoms with van der Waals surface area (Å²) in [7, 11) is 2.79. The fraction of sp³-hybridized carbons (Fsp3) is 0.350. The van der Waals surface area contributed by atoms with Crippen molar-refractivity contribution in [1.29, 1.82) is 0 Å². The van der Waals surface area contributed by atoms with Crippen molar-refractivity contribution in [3.8, 4) is 5.75 Å². The van der Waals surface area contributed by atoms with E-state index in [-0.39, 0.29) is 17.6 Å². The minimum Gasteiger partial charge on any atom is -0.494 e. The first kappa shape index (κ1) is 19.8. The zero-order chi connectivity index (χ0) is 19.9. The lowest BCUT2D eigenvalue weighted by molar-refractivity contribution is -0.134. The van der Waals surface area contributed by atoms with E-state index in [1.54, 1.807) is 30.6 Å². The van der Waals surface area contributed by atoms with Gasteiger partial charge in [-0.1, -0.05) is 6.07 Å². The van der Waals surface area contributed by atoms with E-state index in [2.05, 4.69) is 24.9 Å². The molecule has 2 heterocycles. The van der Waals surface area contributed by atoms with Crippen LogP contribution in [0.5, 0.6) is 5.75 Å². The molecule has 1 aromatic heterocycles. The number of nitrogens with one attached hydrogen (secondary N) is 1. The standard InChI is InChI=1S/C20H23FN4O3/c1-27-18-9-14(3-5-17(18)21)12-25-8-7-16(13-25)24-19-11-22-15(10-23-19)4-6-20(26)28-2/h3-6,9-11,16H,7-8,12-13H2,1-2H3,(H,23,24)/t16-/m1/s1. The molecular weight excluding hydrogens is 363 g/mol. The summed E-state index contributed by atoms with van der Waals surface area (Å²) in [6.07, 6.45) is 7.07. The van der Waals surface area contributed by atoms with Crippen LogP contribution < -0.4 is 10.1 Å². The highest BCUT2D eigenvalue weighted by Gasteiger charge is 2.23. The predicted molar refractivity (Wildman–Crippen MR) is 103 cm³/mol. The molecule has 1 saturated heterocycles. The van der Waals surface area contributed by atoms with Gasteiger partial charge in [0.2, 0.25) is 0 Å². The van der Waals surface area contributed by atoms with E-state index in [0.717, 1.165) is 31.6 Å². The summed E-state index contributed by atoms with van der Waals surface area (Å²) in [5, 5.41) is 3.38. The monoisotopic (exact) mass is 386 g/mol. The Balaban J connectivity index is 1.52. The number of anilines is 1. The van der Waals surface area contributed by atoms with Gasteiger partial charge in [0.05, 0.1) is 32.3 Å². The highest BCUT2D eigenvalue weighted by atomic mass is 19.1. The number of ether oxygens (including phenoxy) is 2. The van der Waals surface area contributed by atoms with Crippen molar-refractivity contribution >= 4 is 17.9 Å². The van der Waals surface area contributed by atoms with Gasteiger partial charge in [-0.05, 0) is 30.2 Å². The fourth-order valence-corrected chi connectivity index (χ4v) is 3.08. The maximum Gasteiger partial charge on any atom is 0.330 e. The van der Waals surface area contributed by atoms with E-state index >= 15 is 0 Å². The number of esters is 1. The van der Waals surface area contributed by atoms with Gasteiger partial charge in [-0.25, -0.2) is 14.2 Å². The molecule has 28 heavy (non-hydrogen) atoms. The van der Waals surface area contributed by atoms with Gasteiger partial charge in [-0.2, -0.15) is 0 Å². The molecule has 1 fully saturated rings. The first-order valence-electron chi connectivity index (χ1n) is 8.96. The zero-order valence-corrected chi connectivity index (χ0v) is 15.9. The number of carbonyl (C=O) groups is 1. The van der Waals surface area contributed by atoms with E-state index < -0.39 is 5.97 Å². The van der Waals surface area contributed by atoms with Crippen molar-refractivity contribution in [2.75, 3.05) is 32.6 Å². The molecule has 0 spiro atoms. The van der Waals surface area contributed by atoms with Crippen LogP contribution in [-0.4, -0.2) is 54.2 Å². The van der Waals surface area contributed by atoms with Gasteiger partial charge >= 0.3 is 5.97 Å². The second kappa shape index (κ2) is 9.27. The fourth-order valence-electron chi connectivity index (χ4n) is 3.08. The molecule has 0 amide bonds. The number of nitrogens with zero attached hydrogens (tertiary/aromatic N) is 3. The number of rotatable bonds is 7. The highest BCUT2D eigenvalue weighted by Crippen LogP contribution is 2.21. The average Bonchev–Trinajstić information content (AvgIpc) is 3.15. The minimum atomic E-state index is -0.436. The normalized spacial score (nSPS) is 17.0. The quantitative estimate of drug-likeness (QED) is 0.579. The van der Waals surface area contributed by atoms with E-state index in [1.807, 2.05) is 0 Å². The number of hydrogen-bond donors (Lipinski definition) is 1. The van der Waals surface area contributed by atoms with Crippen LogP contribution in [0.15, 0.2) is 36.7 Å². The third kappa shape index (κ3) is 5.26. The molecule has 148 valence electrons. The second-order valence-corrected chi connectivity index (χ2v) is 6.52. The van der Waals surface area contributed by atoms with Crippen LogP contribution in [0, 0.1) is 5.82 Å². The van der Waals surface area contributed by atoms with Crippen LogP contribution in [0.2, 0.25) is 0 Å². The molecular formula is C20H23FN4O3. The van der Waals surface area contributed by atoms with Gasteiger partial charge in [0.25, 0.3) is 0 Å². The smallest absolute Gasteiger partial charge is 0.330 e. The Hall–Kier alpha value is -3.00. The second-order valence-electron chi connectivity index (χ2n) is 6.52. The van der Waals surface area contributed by atoms with Crippen LogP contribution in [0.1, 0.15) is 17.7 Å². The van der Waals surface area contributed by atoms with Crippen molar-refractivity contribution in [2.45, 2.75) is 19.0 Å². The van der Waals surface area contributed by atoms with Crippen molar-refractivity contribution < 1.29 is 18.7 Å². The molecule has 1 aliphatic rings. The number of benzene rings is 1. The summed E-state index contributed by atoms with van der Waals surface area (Å²) in [6.45, 7) is 2.52. The minimum absolute atomic E-state index is 0.258. The molecule has 8 heteroatoms. The number of methoxy groups -OCH3 is 2. The first-order valence-corrected chi connectivity index (χ1v) is 8.96. The van der Waals surface area contributed by atoms with Crippen LogP contribution in [0.4, 0.5) is 10.2 Å². The van der Waals surface area contributed by atoms with Gasteiger partial charge in [0.1, 0.15) is 5.82 Å². The van der Waals surface area contributed by atoms with Gasteiger partial charge in [-0.15, -0.1) is 0 Å². The van der Waals surface area contributed by atoms with Crippen molar-refractivity contribution in [3.05, 3.63) is 53.7 Å². The Kier molecular flexibility index (Phi) is 6.54. The topological polar surface area (TPSA) is 76.6 Å². The van der Waals surface area contributed by atoms with Crippen molar-refractivity contribution in [3.63, 3.8) is 0 Å². The van der Waals surface area contributed by atoms with Gasteiger partial charge in [0.15, 0.2) is 11.6 Å². The van der Waals surface area contributed by atoms with Crippen LogP contribution in [-0.2, 0) is 16.1 Å². The van der Waals surface area contributed by atoms with Crippen LogP contribution in [0.25, 0.3) is 6.08 Å². The van der Waals surface area contributed by atoms with Crippen LogP contribution >= 0.6 is 0 Å². The highest BCUT2D eigenvalue weighted by molar-refractivity contribution is 5.86. The molecule has 0 bridgehead atoms. The number of likely N-dealkylation sites (tertiary alicyclic amines) is 1. The van der Waals surface area contributed by atoms with Gasteiger partial charge < -0.3 is 14.8 Å². The molecule has 1 aliphatic heterocycles. The summed E-state index contributed by atoms with van der Waals surface area (Å²) >= 11 is 0. The molecule has 1 aromatic carbocycles. The van der Waals surface area contributed by atoms with E-state index in [0.29, 0.717) is 11.5 Å². The Morgan fingerprint density at radius 2 is 2.21 bits per heavy atom. The lowest BCUT2D eigenvalue weighted by Crippen LogP contribution is -2.26. The SMILES string of the molecule is COC(=O)C=Cc1cnc(N[C@@H]2CCN(Cc3ccc(F)c(OC)c3)C2)cn1. The molecule has 3 rings (SSSR count). The molecule has 0 aliphatic carbocycles. The van der Waals surface area contributed by atoms with Gasteiger partial charge in [-0.3, -0.25) is 9.88 Å². The third-order valence-corrected chi connectivity index (χ3v) is 4.51. The molecule has 2 aromatic rings. The average molecular weight is 386 g/mol. The lowest BCUT2D eigenvalue weighted by atomic mass is 10.2. The molecule has 7 nitrogen and oxygen atoms in total. The summed E-state index contributed by atoms with van der Waals surface area (Å²) in [5.74, 6) is 0.165. The molecule has 0 radical (unpaired) electrons. The lowest BCUT2D eigenvalue weighted by Gasteiger charge is -2.17. The molecule has 0 saturated carbocycles. The summed E-state index contributed by atoms with van der Waals surface area (Å²) < 4.78 is 23.1.